The van der Waals surface area contributed by atoms with Crippen LogP contribution < -0.4 is 11.1 Å². The SMILES string of the molecule is O=C(O)c1[nH]n(-c2ccccc2)c(=O)c1C=C=CC=Cc1c(C(=O)O)[nH]n(-c2ccccc2)c1=O. The molecular formula is C25H18N4O6. The number of nitrogens with one attached hydrogen (secondary N) is 2. The van der Waals surface area contributed by atoms with Gasteiger partial charge in [-0.25, -0.2) is 19.0 Å². The van der Waals surface area contributed by atoms with Gasteiger partial charge in [0.15, 0.2) is 11.4 Å². The van der Waals surface area contributed by atoms with Crippen molar-refractivity contribution in [2.75, 3.05) is 0 Å². The van der Waals surface area contributed by atoms with E-state index in [2.05, 4.69) is 15.9 Å². The number of nitrogens with zero attached hydrogens (tertiary/aromatic N) is 2. The summed E-state index contributed by atoms with van der Waals surface area (Å²) in [5, 5.41) is 24.1. The van der Waals surface area contributed by atoms with Crippen molar-refractivity contribution in [1.29, 1.82) is 0 Å². The average Bonchev–Trinajstić information content (AvgIpc) is 3.37. The highest BCUT2D eigenvalue weighted by Crippen LogP contribution is 2.11. The van der Waals surface area contributed by atoms with Gasteiger partial charge in [0.05, 0.1) is 22.5 Å². The first-order valence-electron chi connectivity index (χ1n) is 10.2. The first-order valence-corrected chi connectivity index (χ1v) is 10.2. The number of aromatic carboxylic acids is 2. The molecule has 0 saturated heterocycles. The number of carbonyl (C=O) groups is 2. The minimum Gasteiger partial charge on any atom is -0.477 e. The molecule has 2 aromatic heterocycles. The smallest absolute Gasteiger partial charge is 0.354 e. The van der Waals surface area contributed by atoms with E-state index in [1.165, 1.54) is 24.3 Å². The van der Waals surface area contributed by atoms with Crippen LogP contribution in [0.15, 0.2) is 88.1 Å². The first kappa shape index (κ1) is 22.8. The van der Waals surface area contributed by atoms with Crippen molar-refractivity contribution in [2.45, 2.75) is 0 Å². The van der Waals surface area contributed by atoms with Crippen LogP contribution in [0.5, 0.6) is 0 Å². The maximum atomic E-state index is 12.7. The fraction of sp³-hybridized carbons (Fsp3) is 0. The van der Waals surface area contributed by atoms with Crippen LogP contribution in [0.25, 0.3) is 23.5 Å². The highest BCUT2D eigenvalue weighted by molar-refractivity contribution is 5.90. The van der Waals surface area contributed by atoms with E-state index >= 15 is 0 Å². The molecule has 2 heterocycles. The third kappa shape index (κ3) is 4.58. The summed E-state index contributed by atoms with van der Waals surface area (Å²) in [5.74, 6) is -2.63. The van der Waals surface area contributed by atoms with Crippen molar-refractivity contribution in [3.63, 3.8) is 0 Å². The van der Waals surface area contributed by atoms with Gasteiger partial charge in [0.1, 0.15) is 0 Å². The quantitative estimate of drug-likeness (QED) is 0.241. The molecule has 4 N–H and O–H groups in total. The number of para-hydroxylation sites is 2. The lowest BCUT2D eigenvalue weighted by Gasteiger charge is -1.99. The van der Waals surface area contributed by atoms with Crippen molar-refractivity contribution in [3.05, 3.63) is 122 Å². The van der Waals surface area contributed by atoms with Crippen LogP contribution in [-0.4, -0.2) is 41.7 Å². The molecule has 0 atom stereocenters. The topological polar surface area (TPSA) is 150 Å². The predicted molar refractivity (Wildman–Crippen MR) is 128 cm³/mol. The number of aromatic amines is 2. The van der Waals surface area contributed by atoms with Crippen LogP contribution in [-0.2, 0) is 0 Å². The fourth-order valence-electron chi connectivity index (χ4n) is 3.36. The summed E-state index contributed by atoms with van der Waals surface area (Å²) in [5.41, 5.74) is 1.66. The van der Waals surface area contributed by atoms with Gasteiger partial charge < -0.3 is 10.2 Å². The summed E-state index contributed by atoms with van der Waals surface area (Å²) in [6, 6.07) is 17.0. The number of H-pyrrole nitrogens is 2. The van der Waals surface area contributed by atoms with Crippen LogP contribution in [0.1, 0.15) is 32.1 Å². The lowest BCUT2D eigenvalue weighted by atomic mass is 10.2. The van der Waals surface area contributed by atoms with Crippen LogP contribution >= 0.6 is 0 Å². The minimum absolute atomic E-state index is 0.0845. The number of benzene rings is 2. The molecule has 10 heteroatoms. The normalized spacial score (nSPS) is 10.7. The van der Waals surface area contributed by atoms with Gasteiger partial charge in [-0.2, -0.15) is 0 Å². The Labute approximate surface area is 197 Å². The zero-order chi connectivity index (χ0) is 24.9. The summed E-state index contributed by atoms with van der Waals surface area (Å²) < 4.78 is 2.23. The van der Waals surface area contributed by atoms with E-state index in [4.69, 9.17) is 0 Å². The number of aromatic nitrogens is 4. The average molecular weight is 470 g/mol. The molecule has 0 unspecified atom stereocenters. The van der Waals surface area contributed by atoms with Crippen LogP contribution in [0.4, 0.5) is 0 Å². The standard InChI is InChI=1S/C25H18N4O6/c30-22-18(20(24(32)33)26-28(22)16-10-4-1-5-11-16)14-8-3-9-15-19-21(25(34)35)27-29(23(19)31)17-12-6-2-7-13-17/h1-8,10-15,26-27H,(H,32,33)(H,34,35). The van der Waals surface area contributed by atoms with E-state index in [1.807, 2.05) is 0 Å². The van der Waals surface area contributed by atoms with Crippen molar-refractivity contribution in [3.8, 4) is 11.4 Å². The van der Waals surface area contributed by atoms with E-state index in [0.717, 1.165) is 9.36 Å². The maximum Gasteiger partial charge on any atom is 0.354 e. The Morgan fingerprint density at radius 3 is 1.69 bits per heavy atom. The van der Waals surface area contributed by atoms with Gasteiger partial charge in [0.25, 0.3) is 11.1 Å². The second kappa shape index (κ2) is 9.65. The number of rotatable bonds is 7. The van der Waals surface area contributed by atoms with Crippen molar-refractivity contribution in [1.82, 2.24) is 19.6 Å². The second-order valence-electron chi connectivity index (χ2n) is 7.20. The number of carboxylic acid groups (broad SMARTS) is 2. The number of allylic oxidation sites excluding steroid dienone is 2. The summed E-state index contributed by atoms with van der Waals surface area (Å²) in [6.45, 7) is 0. The first-order chi connectivity index (χ1) is 16.9. The summed E-state index contributed by atoms with van der Waals surface area (Å²) in [6.07, 6.45) is 5.19. The zero-order valence-corrected chi connectivity index (χ0v) is 18.0. The van der Waals surface area contributed by atoms with E-state index in [-0.39, 0.29) is 22.5 Å². The van der Waals surface area contributed by atoms with Crippen molar-refractivity contribution < 1.29 is 19.8 Å². The molecule has 35 heavy (non-hydrogen) atoms. The maximum absolute atomic E-state index is 12.7. The Balaban J connectivity index is 1.68. The highest BCUT2D eigenvalue weighted by Gasteiger charge is 2.19. The monoisotopic (exact) mass is 470 g/mol. The molecule has 4 aromatic rings. The lowest BCUT2D eigenvalue weighted by Crippen LogP contribution is -2.15. The van der Waals surface area contributed by atoms with E-state index < -0.39 is 23.1 Å². The molecule has 0 spiro atoms. The molecule has 0 saturated carbocycles. The highest BCUT2D eigenvalue weighted by atomic mass is 16.4. The predicted octanol–water partition coefficient (Wildman–Crippen LogP) is 2.92. The van der Waals surface area contributed by atoms with Crippen LogP contribution in [0.3, 0.4) is 0 Å². The number of hydrogen-bond acceptors (Lipinski definition) is 4. The zero-order valence-electron chi connectivity index (χ0n) is 18.0. The summed E-state index contributed by atoms with van der Waals surface area (Å²) in [4.78, 5) is 48.7. The van der Waals surface area contributed by atoms with Gasteiger partial charge in [-0.05, 0) is 42.5 Å². The third-order valence-corrected chi connectivity index (χ3v) is 4.99. The Morgan fingerprint density at radius 2 is 1.20 bits per heavy atom. The van der Waals surface area contributed by atoms with Gasteiger partial charge in [-0.15, -0.1) is 5.73 Å². The van der Waals surface area contributed by atoms with Crippen LogP contribution in [0, 0.1) is 0 Å². The van der Waals surface area contributed by atoms with Gasteiger partial charge in [0, 0.05) is 0 Å². The Hall–Kier alpha value is -5.34. The van der Waals surface area contributed by atoms with Gasteiger partial charge in [-0.3, -0.25) is 19.8 Å². The molecule has 0 bridgehead atoms. The molecule has 0 amide bonds. The van der Waals surface area contributed by atoms with Gasteiger partial charge in [0.2, 0.25) is 0 Å². The molecule has 0 aliphatic heterocycles. The third-order valence-electron chi connectivity index (χ3n) is 4.99. The van der Waals surface area contributed by atoms with E-state index in [1.54, 1.807) is 60.7 Å². The molecule has 0 aliphatic carbocycles. The molecule has 0 fully saturated rings. The molecule has 0 radical (unpaired) electrons. The van der Waals surface area contributed by atoms with Crippen molar-refractivity contribution in [2.24, 2.45) is 0 Å². The molecule has 174 valence electrons. The number of hydrogen-bond donors (Lipinski definition) is 4. The molecule has 2 aromatic carbocycles. The second-order valence-corrected chi connectivity index (χ2v) is 7.20. The van der Waals surface area contributed by atoms with Crippen molar-refractivity contribution >= 4 is 24.1 Å². The summed E-state index contributed by atoms with van der Waals surface area (Å²) >= 11 is 0. The Bertz CT molecular complexity index is 1610. The van der Waals surface area contributed by atoms with E-state index in [9.17, 15) is 29.4 Å². The number of carboxylic acids is 2. The molecular weight excluding hydrogens is 452 g/mol. The largest absolute Gasteiger partial charge is 0.477 e. The molecule has 4 rings (SSSR count). The van der Waals surface area contributed by atoms with E-state index in [0.29, 0.717) is 11.4 Å². The molecule has 10 nitrogen and oxygen atoms in total. The Morgan fingerprint density at radius 1 is 0.743 bits per heavy atom. The van der Waals surface area contributed by atoms with Crippen LogP contribution in [0.2, 0.25) is 0 Å². The van der Waals surface area contributed by atoms with Gasteiger partial charge in [-0.1, -0.05) is 42.5 Å². The minimum atomic E-state index is -1.32. The lowest BCUT2D eigenvalue weighted by molar-refractivity contribution is 0.0679. The Kier molecular flexibility index (Phi) is 6.30. The summed E-state index contributed by atoms with van der Waals surface area (Å²) in [7, 11) is 0. The van der Waals surface area contributed by atoms with Gasteiger partial charge >= 0.3 is 11.9 Å². The molecule has 0 aliphatic rings. The fourth-order valence-corrected chi connectivity index (χ4v) is 3.36.